The molecule has 0 unspecified atom stereocenters. The van der Waals surface area contributed by atoms with Crippen LogP contribution in [0.25, 0.3) is 110 Å². The lowest BCUT2D eigenvalue weighted by molar-refractivity contribution is 0.660. The molecule has 0 aliphatic heterocycles. The van der Waals surface area contributed by atoms with Gasteiger partial charge in [-0.1, -0.05) is 196 Å². The number of rotatable bonds is 7. The maximum Gasteiger partial charge on any atom is 0.160 e. The van der Waals surface area contributed by atoms with Crippen molar-refractivity contribution in [3.8, 4) is 89.5 Å². The van der Waals surface area contributed by atoms with Crippen molar-refractivity contribution in [1.29, 1.82) is 0 Å². The smallest absolute Gasteiger partial charge is 0.160 e. The van der Waals surface area contributed by atoms with Gasteiger partial charge in [0.25, 0.3) is 0 Å². The Balaban J connectivity index is 1.09. The molecule has 64 heavy (non-hydrogen) atoms. The molecule has 9 aromatic carbocycles. The summed E-state index contributed by atoms with van der Waals surface area (Å²) in [5.74, 6) is 0.691. The molecule has 2 aromatic heterocycles. The molecular weight excluding hydrogens is 793 g/mol. The lowest BCUT2D eigenvalue weighted by Gasteiger charge is -2.21. The summed E-state index contributed by atoms with van der Waals surface area (Å²) >= 11 is 1.86. The third-order valence-electron chi connectivity index (χ3n) is 13.1. The fourth-order valence-corrected chi connectivity index (χ4v) is 11.2. The van der Waals surface area contributed by atoms with E-state index >= 15 is 0 Å². The van der Waals surface area contributed by atoms with Crippen LogP contribution < -0.4 is 0 Å². The number of hydrogen-bond donors (Lipinski definition) is 0. The highest BCUT2D eigenvalue weighted by molar-refractivity contribution is 7.26. The Kier molecular flexibility index (Phi) is 9.06. The maximum atomic E-state index is 5.43. The van der Waals surface area contributed by atoms with Crippen LogP contribution in [-0.4, -0.2) is 9.97 Å². The second-order valence-corrected chi connectivity index (χ2v) is 18.3. The first kappa shape index (κ1) is 38.0. The first-order valence-electron chi connectivity index (χ1n) is 22.0. The highest BCUT2D eigenvalue weighted by Gasteiger charge is 2.35. The van der Waals surface area contributed by atoms with Crippen molar-refractivity contribution in [1.82, 2.24) is 9.97 Å². The van der Waals surface area contributed by atoms with Crippen molar-refractivity contribution in [2.45, 2.75) is 19.3 Å². The number of thiophene rings is 1. The molecule has 1 aliphatic rings. The van der Waals surface area contributed by atoms with E-state index in [-0.39, 0.29) is 5.41 Å². The summed E-state index contributed by atoms with van der Waals surface area (Å²) in [5, 5.41) is 2.57. The van der Waals surface area contributed by atoms with Crippen LogP contribution in [-0.2, 0) is 5.41 Å². The standard InChI is InChI=1S/C61H42N2S/c1-61(2)54-30-15-13-25-49(54)53-37-41(32-33-55(53)61)46-23-11-12-26-50(46)57-38-56(62-60(63-57)40-20-7-4-8-21-40)44-35-42(47-24-10-9-22-45(47)39-18-5-3-6-19-39)34-43(36-44)48-28-17-29-52-51-27-14-16-31-58(51)64-59(48)52/h3-38H,1-2H3. The molecule has 3 heteroatoms. The van der Waals surface area contributed by atoms with Crippen LogP contribution in [0.2, 0.25) is 0 Å². The topological polar surface area (TPSA) is 25.8 Å². The summed E-state index contributed by atoms with van der Waals surface area (Å²) in [4.78, 5) is 10.8. The summed E-state index contributed by atoms with van der Waals surface area (Å²) in [5.41, 5.74) is 19.4. The van der Waals surface area contributed by atoms with E-state index in [0.717, 1.165) is 44.8 Å². The van der Waals surface area contributed by atoms with E-state index in [1.165, 1.54) is 70.2 Å². The minimum atomic E-state index is -0.0619. The van der Waals surface area contributed by atoms with Crippen LogP contribution in [0.5, 0.6) is 0 Å². The molecule has 0 saturated carbocycles. The van der Waals surface area contributed by atoms with E-state index in [4.69, 9.17) is 9.97 Å². The molecule has 0 spiro atoms. The minimum absolute atomic E-state index is 0.0619. The van der Waals surface area contributed by atoms with Crippen LogP contribution in [0.15, 0.2) is 218 Å². The zero-order valence-corrected chi connectivity index (χ0v) is 36.4. The Hall–Kier alpha value is -7.72. The van der Waals surface area contributed by atoms with Crippen LogP contribution >= 0.6 is 11.3 Å². The van der Waals surface area contributed by atoms with Crippen molar-refractivity contribution in [2.24, 2.45) is 0 Å². The fourth-order valence-electron chi connectivity index (χ4n) is 9.96. The van der Waals surface area contributed by atoms with Crippen LogP contribution in [0.1, 0.15) is 25.0 Å². The van der Waals surface area contributed by atoms with Gasteiger partial charge in [0.2, 0.25) is 0 Å². The third kappa shape index (κ3) is 6.39. The number of hydrogen-bond acceptors (Lipinski definition) is 3. The van der Waals surface area contributed by atoms with Crippen LogP contribution in [0.3, 0.4) is 0 Å². The SMILES string of the molecule is CC1(C)c2ccccc2-c2cc(-c3ccccc3-c3cc(-c4cc(-c5ccccc5-c5ccccc5)cc(-c5cccc6c5sc5ccccc56)c4)nc(-c4ccccc4)n3)ccc21. The fraction of sp³-hybridized carbons (Fsp3) is 0.0492. The van der Waals surface area contributed by atoms with Gasteiger partial charge in [0.15, 0.2) is 5.82 Å². The number of aromatic nitrogens is 2. The molecule has 0 N–H and O–H groups in total. The second-order valence-electron chi connectivity index (χ2n) is 17.3. The van der Waals surface area contributed by atoms with Gasteiger partial charge in [0, 0.05) is 42.3 Å². The van der Waals surface area contributed by atoms with Crippen molar-refractivity contribution in [3.63, 3.8) is 0 Å². The molecule has 0 atom stereocenters. The van der Waals surface area contributed by atoms with Crippen molar-refractivity contribution < 1.29 is 0 Å². The van der Waals surface area contributed by atoms with Crippen LogP contribution in [0, 0.1) is 0 Å². The normalized spacial score (nSPS) is 12.7. The van der Waals surface area contributed by atoms with Gasteiger partial charge in [-0.3, -0.25) is 0 Å². The molecule has 0 bridgehead atoms. The Bertz CT molecular complexity index is 3580. The van der Waals surface area contributed by atoms with Crippen molar-refractivity contribution in [3.05, 3.63) is 230 Å². The third-order valence-corrected chi connectivity index (χ3v) is 14.3. The molecule has 0 saturated heterocycles. The Morgan fingerprint density at radius 1 is 0.328 bits per heavy atom. The quantitative estimate of drug-likeness (QED) is 0.160. The minimum Gasteiger partial charge on any atom is -0.228 e. The monoisotopic (exact) mass is 834 g/mol. The van der Waals surface area contributed by atoms with Gasteiger partial charge in [-0.25, -0.2) is 9.97 Å². The molecule has 11 aromatic rings. The molecule has 0 radical (unpaired) electrons. The molecule has 0 fully saturated rings. The van der Waals surface area contributed by atoms with Gasteiger partial charge in [0.1, 0.15) is 0 Å². The number of fused-ring (bicyclic) bond motifs is 6. The van der Waals surface area contributed by atoms with E-state index in [1.807, 2.05) is 17.4 Å². The summed E-state index contributed by atoms with van der Waals surface area (Å²) in [6.07, 6.45) is 0. The summed E-state index contributed by atoms with van der Waals surface area (Å²) in [6.45, 7) is 4.67. The molecule has 2 heterocycles. The molecule has 302 valence electrons. The van der Waals surface area contributed by atoms with E-state index in [1.54, 1.807) is 0 Å². The summed E-state index contributed by atoms with van der Waals surface area (Å²) < 4.78 is 2.57. The first-order valence-corrected chi connectivity index (χ1v) is 22.8. The van der Waals surface area contributed by atoms with E-state index in [2.05, 4.69) is 226 Å². The van der Waals surface area contributed by atoms with Crippen molar-refractivity contribution >= 4 is 31.5 Å². The summed E-state index contributed by atoms with van der Waals surface area (Å²) in [7, 11) is 0. The second kappa shape index (κ2) is 15.3. The molecule has 12 rings (SSSR count). The van der Waals surface area contributed by atoms with Gasteiger partial charge in [-0.15, -0.1) is 11.3 Å². The van der Waals surface area contributed by atoms with Gasteiger partial charge < -0.3 is 0 Å². The average molecular weight is 835 g/mol. The predicted molar refractivity (Wildman–Crippen MR) is 271 cm³/mol. The highest BCUT2D eigenvalue weighted by Crippen LogP contribution is 2.50. The Labute approximate surface area is 377 Å². The van der Waals surface area contributed by atoms with E-state index in [9.17, 15) is 0 Å². The zero-order chi connectivity index (χ0) is 42.8. The Morgan fingerprint density at radius 3 is 1.62 bits per heavy atom. The van der Waals surface area contributed by atoms with Gasteiger partial charge in [0.05, 0.1) is 11.4 Å². The Morgan fingerprint density at radius 2 is 0.859 bits per heavy atom. The lowest BCUT2D eigenvalue weighted by Crippen LogP contribution is -2.14. The molecule has 1 aliphatic carbocycles. The van der Waals surface area contributed by atoms with Gasteiger partial charge >= 0.3 is 0 Å². The molecular formula is C61H42N2S. The molecule has 2 nitrogen and oxygen atoms in total. The van der Waals surface area contributed by atoms with E-state index < -0.39 is 0 Å². The average Bonchev–Trinajstić information content (AvgIpc) is 3.86. The van der Waals surface area contributed by atoms with Crippen molar-refractivity contribution in [2.75, 3.05) is 0 Å². The van der Waals surface area contributed by atoms with Gasteiger partial charge in [-0.2, -0.15) is 0 Å². The summed E-state index contributed by atoms with van der Waals surface area (Å²) in [6, 6.07) is 79.1. The zero-order valence-electron chi connectivity index (χ0n) is 35.6. The van der Waals surface area contributed by atoms with Crippen LogP contribution in [0.4, 0.5) is 0 Å². The molecule has 0 amide bonds. The van der Waals surface area contributed by atoms with Gasteiger partial charge in [-0.05, 0) is 103 Å². The largest absolute Gasteiger partial charge is 0.228 e. The number of benzene rings is 9. The maximum absolute atomic E-state index is 5.43. The lowest BCUT2D eigenvalue weighted by atomic mass is 9.82. The first-order chi connectivity index (χ1) is 31.5. The highest BCUT2D eigenvalue weighted by atomic mass is 32.1. The number of nitrogens with zero attached hydrogens (tertiary/aromatic N) is 2. The van der Waals surface area contributed by atoms with E-state index in [0.29, 0.717) is 5.82 Å². The predicted octanol–water partition coefficient (Wildman–Crippen LogP) is 16.8.